The Morgan fingerprint density at radius 2 is 0.929 bits per heavy atom. The van der Waals surface area contributed by atoms with Gasteiger partial charge >= 0.3 is 0 Å². The predicted molar refractivity (Wildman–Crippen MR) is 118 cm³/mol. The van der Waals surface area contributed by atoms with Gasteiger partial charge in [0.25, 0.3) is 0 Å². The van der Waals surface area contributed by atoms with E-state index >= 15 is 0 Å². The Hall–Kier alpha value is -1.96. The van der Waals surface area contributed by atoms with Gasteiger partial charge < -0.3 is 9.47 Å². The van der Waals surface area contributed by atoms with Crippen molar-refractivity contribution in [1.82, 2.24) is 0 Å². The van der Waals surface area contributed by atoms with E-state index in [4.69, 9.17) is 9.47 Å². The summed E-state index contributed by atoms with van der Waals surface area (Å²) in [6, 6.07) is 17.2. The standard InChI is InChI=1S/C26H36O2/c1-19(2)23-9-13-25(14-10-23)27-17-21-5-7-22(8-6-21)18-28-26-15-11-24(12-16-26)20(3)4/h9-16,19-22H,5-8,17-18H2,1-4H3. The Balaban J connectivity index is 1.36. The van der Waals surface area contributed by atoms with Crippen LogP contribution in [0.5, 0.6) is 11.5 Å². The largest absolute Gasteiger partial charge is 0.493 e. The number of benzene rings is 2. The topological polar surface area (TPSA) is 18.5 Å². The molecular formula is C26H36O2. The maximum atomic E-state index is 6.04. The number of rotatable bonds is 8. The molecular weight excluding hydrogens is 344 g/mol. The summed E-state index contributed by atoms with van der Waals surface area (Å²) in [5, 5.41) is 0. The van der Waals surface area contributed by atoms with Gasteiger partial charge in [0, 0.05) is 0 Å². The fourth-order valence-corrected chi connectivity index (χ4v) is 3.89. The summed E-state index contributed by atoms with van der Waals surface area (Å²) in [7, 11) is 0. The van der Waals surface area contributed by atoms with Crippen molar-refractivity contribution in [3.05, 3.63) is 59.7 Å². The molecule has 0 radical (unpaired) electrons. The Bertz CT molecular complexity index is 629. The van der Waals surface area contributed by atoms with E-state index in [9.17, 15) is 0 Å². The van der Waals surface area contributed by atoms with Gasteiger partial charge in [-0.25, -0.2) is 0 Å². The average molecular weight is 381 g/mol. The highest BCUT2D eigenvalue weighted by atomic mass is 16.5. The maximum absolute atomic E-state index is 6.04. The van der Waals surface area contributed by atoms with Crippen LogP contribution in [0.2, 0.25) is 0 Å². The molecule has 0 amide bonds. The summed E-state index contributed by atoms with van der Waals surface area (Å²) in [6.45, 7) is 10.6. The van der Waals surface area contributed by atoms with Crippen LogP contribution in [0.4, 0.5) is 0 Å². The van der Waals surface area contributed by atoms with Gasteiger partial charge in [0.1, 0.15) is 11.5 Å². The van der Waals surface area contributed by atoms with Gasteiger partial charge in [-0.1, -0.05) is 52.0 Å². The van der Waals surface area contributed by atoms with E-state index in [0.29, 0.717) is 23.7 Å². The van der Waals surface area contributed by atoms with Crippen molar-refractivity contribution in [2.75, 3.05) is 13.2 Å². The fourth-order valence-electron chi connectivity index (χ4n) is 3.89. The van der Waals surface area contributed by atoms with Gasteiger partial charge in [-0.2, -0.15) is 0 Å². The second kappa shape index (κ2) is 10.0. The van der Waals surface area contributed by atoms with Crippen LogP contribution in [0.15, 0.2) is 48.5 Å². The van der Waals surface area contributed by atoms with Crippen LogP contribution in [-0.4, -0.2) is 13.2 Å². The molecule has 1 aliphatic rings. The second-order valence-electron chi connectivity index (χ2n) is 8.96. The quantitative estimate of drug-likeness (QED) is 0.482. The van der Waals surface area contributed by atoms with Crippen molar-refractivity contribution in [2.45, 2.75) is 65.2 Å². The molecule has 0 heterocycles. The van der Waals surface area contributed by atoms with Crippen LogP contribution in [-0.2, 0) is 0 Å². The maximum Gasteiger partial charge on any atom is 0.119 e. The van der Waals surface area contributed by atoms with Crippen molar-refractivity contribution in [3.63, 3.8) is 0 Å². The molecule has 3 rings (SSSR count). The lowest BCUT2D eigenvalue weighted by Crippen LogP contribution is -2.23. The van der Waals surface area contributed by atoms with E-state index in [-0.39, 0.29) is 0 Å². The van der Waals surface area contributed by atoms with Crippen LogP contribution < -0.4 is 9.47 Å². The number of hydrogen-bond acceptors (Lipinski definition) is 2. The highest BCUT2D eigenvalue weighted by Crippen LogP contribution is 2.30. The SMILES string of the molecule is CC(C)c1ccc(OCC2CCC(COc3ccc(C(C)C)cc3)CC2)cc1. The van der Waals surface area contributed by atoms with Crippen LogP contribution in [0.1, 0.15) is 76.3 Å². The molecule has 152 valence electrons. The molecule has 2 aromatic carbocycles. The van der Waals surface area contributed by atoms with Crippen LogP contribution in [0.3, 0.4) is 0 Å². The van der Waals surface area contributed by atoms with Crippen LogP contribution >= 0.6 is 0 Å². The molecule has 0 aromatic heterocycles. The molecule has 2 heteroatoms. The van der Waals surface area contributed by atoms with Crippen molar-refractivity contribution < 1.29 is 9.47 Å². The van der Waals surface area contributed by atoms with Gasteiger partial charge in [0.05, 0.1) is 13.2 Å². The Labute approximate surface area is 171 Å². The van der Waals surface area contributed by atoms with E-state index in [2.05, 4.69) is 76.2 Å². The third kappa shape index (κ3) is 6.02. The van der Waals surface area contributed by atoms with E-state index in [1.807, 2.05) is 0 Å². The van der Waals surface area contributed by atoms with Crippen LogP contribution in [0, 0.1) is 11.8 Å². The first-order valence-corrected chi connectivity index (χ1v) is 11.0. The zero-order chi connectivity index (χ0) is 19.9. The molecule has 0 N–H and O–H groups in total. The molecule has 2 nitrogen and oxygen atoms in total. The molecule has 1 saturated carbocycles. The van der Waals surface area contributed by atoms with Crippen molar-refractivity contribution in [2.24, 2.45) is 11.8 Å². The summed E-state index contributed by atoms with van der Waals surface area (Å²) in [5.41, 5.74) is 2.73. The lowest BCUT2D eigenvalue weighted by molar-refractivity contribution is 0.148. The molecule has 0 bridgehead atoms. The number of ether oxygens (including phenoxy) is 2. The zero-order valence-electron chi connectivity index (χ0n) is 18.0. The lowest BCUT2D eigenvalue weighted by atomic mass is 9.83. The molecule has 1 fully saturated rings. The Morgan fingerprint density at radius 1 is 0.607 bits per heavy atom. The first-order valence-electron chi connectivity index (χ1n) is 11.0. The second-order valence-corrected chi connectivity index (χ2v) is 8.96. The molecule has 0 saturated heterocycles. The van der Waals surface area contributed by atoms with Gasteiger partial charge in [0.2, 0.25) is 0 Å². The fraction of sp³-hybridized carbons (Fsp3) is 0.538. The van der Waals surface area contributed by atoms with Gasteiger partial charge in [-0.05, 0) is 84.7 Å². The summed E-state index contributed by atoms with van der Waals surface area (Å²) in [5.74, 6) is 4.48. The van der Waals surface area contributed by atoms with Crippen LogP contribution in [0.25, 0.3) is 0 Å². The number of hydrogen-bond donors (Lipinski definition) is 0. The molecule has 1 aliphatic carbocycles. The summed E-state index contributed by atoms with van der Waals surface area (Å²) < 4.78 is 12.1. The van der Waals surface area contributed by atoms with Crippen molar-refractivity contribution >= 4 is 0 Å². The van der Waals surface area contributed by atoms with Crippen molar-refractivity contribution in [1.29, 1.82) is 0 Å². The molecule has 0 spiro atoms. The molecule has 0 atom stereocenters. The van der Waals surface area contributed by atoms with E-state index in [0.717, 1.165) is 24.7 Å². The smallest absolute Gasteiger partial charge is 0.119 e. The zero-order valence-corrected chi connectivity index (χ0v) is 18.0. The molecule has 0 unspecified atom stereocenters. The van der Waals surface area contributed by atoms with Crippen molar-refractivity contribution in [3.8, 4) is 11.5 Å². The van der Waals surface area contributed by atoms with E-state index in [1.54, 1.807) is 0 Å². The highest BCUT2D eigenvalue weighted by molar-refractivity contribution is 5.29. The average Bonchev–Trinajstić information content (AvgIpc) is 2.72. The summed E-state index contributed by atoms with van der Waals surface area (Å²) >= 11 is 0. The highest BCUT2D eigenvalue weighted by Gasteiger charge is 2.22. The van der Waals surface area contributed by atoms with E-state index in [1.165, 1.54) is 36.8 Å². The minimum absolute atomic E-state index is 0.569. The Morgan fingerprint density at radius 3 is 1.21 bits per heavy atom. The summed E-state index contributed by atoms with van der Waals surface area (Å²) in [4.78, 5) is 0. The normalized spacial score (nSPS) is 19.8. The Kier molecular flexibility index (Phi) is 7.42. The lowest BCUT2D eigenvalue weighted by Gasteiger charge is -2.28. The monoisotopic (exact) mass is 380 g/mol. The third-order valence-electron chi connectivity index (χ3n) is 6.03. The van der Waals surface area contributed by atoms with Gasteiger partial charge in [0.15, 0.2) is 0 Å². The molecule has 2 aromatic rings. The van der Waals surface area contributed by atoms with Gasteiger partial charge in [-0.15, -0.1) is 0 Å². The molecule has 28 heavy (non-hydrogen) atoms. The minimum Gasteiger partial charge on any atom is -0.493 e. The molecule has 0 aliphatic heterocycles. The predicted octanol–water partition coefficient (Wildman–Crippen LogP) is 7.20. The third-order valence-corrected chi connectivity index (χ3v) is 6.03. The van der Waals surface area contributed by atoms with Gasteiger partial charge in [-0.3, -0.25) is 0 Å². The first-order chi connectivity index (χ1) is 13.5. The summed E-state index contributed by atoms with van der Waals surface area (Å²) in [6.07, 6.45) is 4.96. The van der Waals surface area contributed by atoms with E-state index < -0.39 is 0 Å². The first kappa shape index (κ1) is 20.8. The minimum atomic E-state index is 0.569.